The van der Waals surface area contributed by atoms with E-state index in [1.165, 1.54) is 5.56 Å². The Morgan fingerprint density at radius 3 is 2.62 bits per heavy atom. The van der Waals surface area contributed by atoms with Gasteiger partial charge < -0.3 is 0 Å². The first-order chi connectivity index (χ1) is 14.3. The maximum absolute atomic E-state index is 4.83. The normalized spacial score (nSPS) is 12.0. The van der Waals surface area contributed by atoms with E-state index in [0.717, 1.165) is 32.5 Å². The molecule has 0 unspecified atom stereocenters. The highest BCUT2D eigenvalue weighted by Crippen LogP contribution is 2.28. The van der Waals surface area contributed by atoms with Crippen molar-refractivity contribution in [2.24, 2.45) is 10.1 Å². The zero-order valence-corrected chi connectivity index (χ0v) is 18.1. The van der Waals surface area contributed by atoms with E-state index in [1.807, 2.05) is 47.3 Å². The Kier molecular flexibility index (Phi) is 6.44. The van der Waals surface area contributed by atoms with Gasteiger partial charge >= 0.3 is 0 Å². The lowest BCUT2D eigenvalue weighted by molar-refractivity contribution is 0.816. The predicted molar refractivity (Wildman–Crippen MR) is 123 cm³/mol. The number of aromatic nitrogens is 2. The molecule has 0 saturated heterocycles. The van der Waals surface area contributed by atoms with Gasteiger partial charge in [-0.3, -0.25) is 9.98 Å². The predicted octanol–water partition coefficient (Wildman–Crippen LogP) is 5.40. The summed E-state index contributed by atoms with van der Waals surface area (Å²) in [6.45, 7) is 0.711. The van der Waals surface area contributed by atoms with Crippen LogP contribution in [-0.2, 0) is 6.42 Å². The number of benzene rings is 2. The summed E-state index contributed by atoms with van der Waals surface area (Å²) in [5, 5.41) is 6.83. The Morgan fingerprint density at radius 1 is 1.00 bits per heavy atom. The van der Waals surface area contributed by atoms with E-state index >= 15 is 0 Å². The summed E-state index contributed by atoms with van der Waals surface area (Å²) >= 11 is 5.25. The molecule has 144 valence electrons. The molecule has 0 bridgehead atoms. The Labute approximate surface area is 182 Å². The first-order valence-corrected chi connectivity index (χ1v) is 10.9. The SMILES string of the molecule is Brc1ccccc1-c1csc(=NCCc2ccccc2)n1N=Cc1cccnc1. The lowest BCUT2D eigenvalue weighted by atomic mass is 10.2. The van der Waals surface area contributed by atoms with E-state index in [-0.39, 0.29) is 0 Å². The fourth-order valence-corrected chi connectivity index (χ4v) is 4.22. The van der Waals surface area contributed by atoms with Crippen LogP contribution < -0.4 is 4.80 Å². The quantitative estimate of drug-likeness (QED) is 0.353. The highest BCUT2D eigenvalue weighted by atomic mass is 79.9. The molecule has 0 spiro atoms. The van der Waals surface area contributed by atoms with Crippen LogP contribution in [0.3, 0.4) is 0 Å². The van der Waals surface area contributed by atoms with Crippen LogP contribution in [-0.4, -0.2) is 22.4 Å². The van der Waals surface area contributed by atoms with Crippen molar-refractivity contribution in [3.05, 3.63) is 105 Å². The van der Waals surface area contributed by atoms with Gasteiger partial charge in [0, 0.05) is 39.9 Å². The highest BCUT2D eigenvalue weighted by Gasteiger charge is 2.10. The summed E-state index contributed by atoms with van der Waals surface area (Å²) in [5.41, 5.74) is 4.31. The molecule has 2 heterocycles. The lowest BCUT2D eigenvalue weighted by Gasteiger charge is -2.05. The standard InChI is InChI=1S/C23H19BrN4S/c24-21-11-5-4-10-20(21)22-17-29-23(26-14-12-18-7-2-1-3-8-18)28(22)27-16-19-9-6-13-25-15-19/h1-11,13,15-17H,12,14H2. The van der Waals surface area contributed by atoms with Gasteiger partial charge in [-0.15, -0.1) is 11.3 Å². The smallest absolute Gasteiger partial charge is 0.206 e. The summed E-state index contributed by atoms with van der Waals surface area (Å²) in [4.78, 5) is 9.85. The van der Waals surface area contributed by atoms with E-state index in [0.29, 0.717) is 6.54 Å². The van der Waals surface area contributed by atoms with E-state index in [4.69, 9.17) is 10.1 Å². The second-order valence-corrected chi connectivity index (χ2v) is 8.03. The third kappa shape index (κ3) is 4.96. The summed E-state index contributed by atoms with van der Waals surface area (Å²) in [5.74, 6) is 0. The molecule has 0 aliphatic heterocycles. The van der Waals surface area contributed by atoms with Crippen molar-refractivity contribution in [3.8, 4) is 11.3 Å². The molecule has 2 aromatic carbocycles. The summed E-state index contributed by atoms with van der Waals surface area (Å²) in [6, 6.07) is 22.4. The van der Waals surface area contributed by atoms with Crippen molar-refractivity contribution < 1.29 is 0 Å². The third-order valence-electron chi connectivity index (χ3n) is 4.33. The third-order valence-corrected chi connectivity index (χ3v) is 5.88. The molecule has 4 aromatic rings. The minimum absolute atomic E-state index is 0.711. The molecule has 4 nitrogen and oxygen atoms in total. The first kappa shape index (κ1) is 19.5. The molecular weight excluding hydrogens is 444 g/mol. The molecular formula is C23H19BrN4S. The van der Waals surface area contributed by atoms with Gasteiger partial charge in [-0.05, 0) is 24.1 Å². The number of pyridine rings is 1. The minimum Gasteiger partial charge on any atom is -0.264 e. The average Bonchev–Trinajstić information content (AvgIpc) is 3.16. The Balaban J connectivity index is 1.70. The average molecular weight is 463 g/mol. The van der Waals surface area contributed by atoms with E-state index in [9.17, 15) is 0 Å². The van der Waals surface area contributed by atoms with E-state index < -0.39 is 0 Å². The second kappa shape index (κ2) is 9.58. The molecule has 0 aliphatic rings. The zero-order valence-electron chi connectivity index (χ0n) is 15.6. The van der Waals surface area contributed by atoms with Crippen molar-refractivity contribution in [2.45, 2.75) is 6.42 Å². The summed E-state index contributed by atoms with van der Waals surface area (Å²) in [7, 11) is 0. The van der Waals surface area contributed by atoms with Crippen molar-refractivity contribution in [1.82, 2.24) is 9.66 Å². The molecule has 2 aromatic heterocycles. The molecule has 0 N–H and O–H groups in total. The number of thiazole rings is 1. The van der Waals surface area contributed by atoms with Crippen LogP contribution in [0, 0.1) is 0 Å². The fraction of sp³-hybridized carbons (Fsp3) is 0.0870. The molecule has 0 radical (unpaired) electrons. The van der Waals surface area contributed by atoms with Crippen molar-refractivity contribution >= 4 is 33.5 Å². The Bertz CT molecular complexity index is 1160. The van der Waals surface area contributed by atoms with Gasteiger partial charge in [0.2, 0.25) is 4.80 Å². The zero-order chi connectivity index (χ0) is 19.9. The Hall–Kier alpha value is -2.83. The van der Waals surface area contributed by atoms with Crippen LogP contribution in [0.25, 0.3) is 11.3 Å². The maximum Gasteiger partial charge on any atom is 0.206 e. The molecule has 0 fully saturated rings. The molecule has 4 rings (SSSR count). The second-order valence-electron chi connectivity index (χ2n) is 6.34. The minimum atomic E-state index is 0.711. The number of hydrogen-bond donors (Lipinski definition) is 0. The van der Waals surface area contributed by atoms with Gasteiger partial charge in [0.05, 0.1) is 11.9 Å². The van der Waals surface area contributed by atoms with Gasteiger partial charge in [0.1, 0.15) is 0 Å². The number of nitrogens with zero attached hydrogens (tertiary/aromatic N) is 4. The van der Waals surface area contributed by atoms with Crippen LogP contribution in [0.2, 0.25) is 0 Å². The molecule has 6 heteroatoms. The van der Waals surface area contributed by atoms with Crippen molar-refractivity contribution in [3.63, 3.8) is 0 Å². The largest absolute Gasteiger partial charge is 0.264 e. The van der Waals surface area contributed by atoms with Crippen molar-refractivity contribution in [2.75, 3.05) is 6.54 Å². The monoisotopic (exact) mass is 462 g/mol. The maximum atomic E-state index is 4.83. The van der Waals surface area contributed by atoms with Crippen LogP contribution in [0.1, 0.15) is 11.1 Å². The van der Waals surface area contributed by atoms with Crippen LogP contribution in [0.4, 0.5) is 0 Å². The van der Waals surface area contributed by atoms with Gasteiger partial charge in [0.15, 0.2) is 0 Å². The molecule has 0 amide bonds. The number of hydrogen-bond acceptors (Lipinski definition) is 4. The summed E-state index contributed by atoms with van der Waals surface area (Å²) < 4.78 is 2.93. The topological polar surface area (TPSA) is 42.5 Å². The van der Waals surface area contributed by atoms with Crippen LogP contribution >= 0.6 is 27.3 Å². The van der Waals surface area contributed by atoms with Crippen LogP contribution in [0.5, 0.6) is 0 Å². The number of rotatable bonds is 6. The lowest BCUT2D eigenvalue weighted by Crippen LogP contribution is -2.13. The van der Waals surface area contributed by atoms with Crippen molar-refractivity contribution in [1.29, 1.82) is 0 Å². The molecule has 0 aliphatic carbocycles. The van der Waals surface area contributed by atoms with E-state index in [2.05, 4.69) is 56.6 Å². The summed E-state index contributed by atoms with van der Waals surface area (Å²) in [6.07, 6.45) is 6.26. The fourth-order valence-electron chi connectivity index (χ4n) is 2.88. The Morgan fingerprint density at radius 2 is 1.83 bits per heavy atom. The highest BCUT2D eigenvalue weighted by molar-refractivity contribution is 9.10. The molecule has 0 saturated carbocycles. The first-order valence-electron chi connectivity index (χ1n) is 9.25. The number of halogens is 1. The van der Waals surface area contributed by atoms with Crippen LogP contribution in [0.15, 0.2) is 99.1 Å². The van der Waals surface area contributed by atoms with Gasteiger partial charge in [-0.2, -0.15) is 5.10 Å². The van der Waals surface area contributed by atoms with Gasteiger partial charge in [-0.1, -0.05) is 70.5 Å². The van der Waals surface area contributed by atoms with Gasteiger partial charge in [-0.25, -0.2) is 4.68 Å². The molecule has 29 heavy (non-hydrogen) atoms. The van der Waals surface area contributed by atoms with E-state index in [1.54, 1.807) is 23.7 Å². The van der Waals surface area contributed by atoms with Gasteiger partial charge in [0.25, 0.3) is 0 Å². The molecule has 0 atom stereocenters.